The molecule has 0 radical (unpaired) electrons. The number of esters is 3. The molecular weight excluding hydrogens is 1420 g/mol. The van der Waals surface area contributed by atoms with Gasteiger partial charge in [0.1, 0.15) is 35.1 Å². The Morgan fingerprint density at radius 1 is 0.345 bits per heavy atom. The molecular formula is C82H139N5O23. The third kappa shape index (κ3) is 41.4. The van der Waals surface area contributed by atoms with Crippen LogP contribution in [0, 0.1) is 59.2 Å². The second-order valence-corrected chi connectivity index (χ2v) is 31.6. The van der Waals surface area contributed by atoms with Crippen LogP contribution in [0.25, 0.3) is 0 Å². The average Bonchev–Trinajstić information content (AvgIpc) is 0.807. The third-order valence-electron chi connectivity index (χ3n) is 22.6. The maximum Gasteiger partial charge on any atom is 0.312 e. The van der Waals surface area contributed by atoms with Gasteiger partial charge < -0.3 is 74.3 Å². The van der Waals surface area contributed by atoms with Crippen molar-refractivity contribution in [1.29, 1.82) is 0 Å². The first-order valence-electron chi connectivity index (χ1n) is 41.0. The molecule has 3 aliphatic carbocycles. The van der Waals surface area contributed by atoms with E-state index in [1.54, 1.807) is 0 Å². The Morgan fingerprint density at radius 3 is 1.05 bits per heavy atom. The quantitative estimate of drug-likeness (QED) is 0.0143. The van der Waals surface area contributed by atoms with Gasteiger partial charge in [-0.1, -0.05) is 61.3 Å². The van der Waals surface area contributed by atoms with Gasteiger partial charge in [-0.05, 0) is 149 Å². The summed E-state index contributed by atoms with van der Waals surface area (Å²) in [5.74, 6) is -1.79. The van der Waals surface area contributed by atoms with Crippen LogP contribution in [-0.2, 0) is 105 Å². The summed E-state index contributed by atoms with van der Waals surface area (Å²) in [6.45, 7) is 23.8. The van der Waals surface area contributed by atoms with E-state index in [0.29, 0.717) is 160 Å². The number of unbranched alkanes of at least 4 members (excludes halogenated alkanes) is 7. The molecule has 16 atom stereocenters. The first-order valence-corrected chi connectivity index (χ1v) is 41.0. The normalized spacial score (nSPS) is 24.3. The van der Waals surface area contributed by atoms with Crippen LogP contribution < -0.4 is 26.6 Å². The van der Waals surface area contributed by atoms with Gasteiger partial charge in [-0.15, -0.1) is 0 Å². The summed E-state index contributed by atoms with van der Waals surface area (Å²) in [4.78, 5) is 161. The van der Waals surface area contributed by atoms with Gasteiger partial charge in [0.25, 0.3) is 0 Å². The van der Waals surface area contributed by atoms with Crippen molar-refractivity contribution in [3.63, 3.8) is 0 Å². The van der Waals surface area contributed by atoms with Crippen molar-refractivity contribution in [2.24, 2.45) is 59.2 Å². The number of ketones is 4. The van der Waals surface area contributed by atoms with Gasteiger partial charge in [0.2, 0.25) is 29.5 Å². The Balaban J connectivity index is 1.47. The highest BCUT2D eigenvalue weighted by molar-refractivity contribution is 5.93. The molecule has 110 heavy (non-hydrogen) atoms. The van der Waals surface area contributed by atoms with Crippen molar-refractivity contribution >= 4 is 76.5 Å². The number of rotatable bonds is 60. The standard InChI is InChI=1S/C82H139N5O23/c1-54-55(2)66(48-108-63(10)90)44-73(58(54)5)105-38-22-19-30-69(93)26-15-13-17-28-71(95)33-41-102-51-82(87-78(99)47-79(100)101,52-103-42-34-72(96)29-18-14-16-27-70(94)31-20-23-39-106-74-45-67(49-109-64(11)91)56(3)59(6)80(74)85-61(8)88)53-104-43-35-77(98)84-37-25-36-83-76(97)32-21-24-40-107-75-46-68(50-110-65(12)92)57(4)60(7)81(75)86-62(9)89/h54-60,66-68,73-75,80-81H,13-53H2,1-12H3,(H,83,97)(H,84,98)(H,85,88)(H,86,89)(H,87,99)(H,100,101)/t54-,55+,56+,57+,58?,59-,60-,66?,67?,68?,73+,74+,75+,80?,81?,82?/m0/s1. The molecule has 0 spiro atoms. The van der Waals surface area contributed by atoms with Gasteiger partial charge in [-0.3, -0.25) is 62.3 Å². The van der Waals surface area contributed by atoms with Gasteiger partial charge >= 0.3 is 23.9 Å². The summed E-state index contributed by atoms with van der Waals surface area (Å²) in [5, 5.41) is 24.0. The molecule has 0 aliphatic heterocycles. The van der Waals surface area contributed by atoms with Crippen molar-refractivity contribution in [3.05, 3.63) is 0 Å². The molecule has 28 nitrogen and oxygen atoms in total. The Bertz CT molecular complexity index is 2700. The number of carboxylic acids is 1. The van der Waals surface area contributed by atoms with Crippen molar-refractivity contribution in [2.75, 3.05) is 92.4 Å². The van der Waals surface area contributed by atoms with E-state index in [1.807, 2.05) is 0 Å². The summed E-state index contributed by atoms with van der Waals surface area (Å²) in [7, 11) is 0. The number of carbonyl (C=O) groups excluding carboxylic acids is 12. The number of amides is 5. The molecule has 28 heteroatoms. The minimum absolute atomic E-state index is 0.0185. The Morgan fingerprint density at radius 2 is 0.673 bits per heavy atom. The minimum atomic E-state index is -1.52. The minimum Gasteiger partial charge on any atom is -0.481 e. The van der Waals surface area contributed by atoms with E-state index < -0.39 is 23.8 Å². The van der Waals surface area contributed by atoms with Crippen LogP contribution >= 0.6 is 0 Å². The average molecular weight is 1560 g/mol. The van der Waals surface area contributed by atoms with Crippen LogP contribution in [0.2, 0.25) is 0 Å². The number of Topliss-reactive ketones (excluding diaryl/α,β-unsaturated/α-hetero) is 4. The van der Waals surface area contributed by atoms with Crippen LogP contribution in [0.1, 0.15) is 256 Å². The van der Waals surface area contributed by atoms with Crippen LogP contribution in [0.5, 0.6) is 0 Å². The molecule has 6 N–H and O–H groups in total. The first kappa shape index (κ1) is 97.9. The fraction of sp³-hybridized carbons (Fsp3) is 0.841. The van der Waals surface area contributed by atoms with Crippen LogP contribution in [0.3, 0.4) is 0 Å². The van der Waals surface area contributed by atoms with E-state index in [9.17, 15) is 67.4 Å². The molecule has 0 heterocycles. The van der Waals surface area contributed by atoms with E-state index in [0.717, 1.165) is 19.3 Å². The summed E-state index contributed by atoms with van der Waals surface area (Å²) in [5.41, 5.74) is -1.52. The predicted molar refractivity (Wildman–Crippen MR) is 411 cm³/mol. The highest BCUT2D eigenvalue weighted by atomic mass is 16.5. The summed E-state index contributed by atoms with van der Waals surface area (Å²) < 4.78 is 52.9. The van der Waals surface area contributed by atoms with Crippen molar-refractivity contribution in [2.45, 2.75) is 292 Å². The monoisotopic (exact) mass is 1560 g/mol. The summed E-state index contributed by atoms with van der Waals surface area (Å²) in [6, 6.07) is -0.392. The Labute approximate surface area is 654 Å². The highest BCUT2D eigenvalue weighted by Crippen LogP contribution is 2.41. The predicted octanol–water partition coefficient (Wildman–Crippen LogP) is 9.21. The maximum absolute atomic E-state index is 13.2. The van der Waals surface area contributed by atoms with Crippen molar-refractivity contribution in [3.8, 4) is 0 Å². The van der Waals surface area contributed by atoms with Gasteiger partial charge in [0, 0.05) is 132 Å². The second-order valence-electron chi connectivity index (χ2n) is 31.6. The molecule has 3 saturated carbocycles. The maximum atomic E-state index is 13.2. The van der Waals surface area contributed by atoms with E-state index in [1.165, 1.54) is 34.6 Å². The molecule has 3 fully saturated rings. The zero-order valence-corrected chi connectivity index (χ0v) is 68.6. The zero-order valence-electron chi connectivity index (χ0n) is 68.6. The summed E-state index contributed by atoms with van der Waals surface area (Å²) >= 11 is 0. The van der Waals surface area contributed by atoms with E-state index in [2.05, 4.69) is 75.1 Å². The van der Waals surface area contributed by atoms with Crippen LogP contribution in [0.4, 0.5) is 0 Å². The van der Waals surface area contributed by atoms with E-state index >= 15 is 0 Å². The van der Waals surface area contributed by atoms with Gasteiger partial charge in [-0.25, -0.2) is 0 Å². The highest BCUT2D eigenvalue weighted by Gasteiger charge is 2.44. The largest absolute Gasteiger partial charge is 0.481 e. The lowest BCUT2D eigenvalue weighted by Crippen LogP contribution is -2.59. The summed E-state index contributed by atoms with van der Waals surface area (Å²) in [6.07, 6.45) is 11.2. The Hall–Kier alpha value is -6.33. The number of nitrogens with one attached hydrogen (secondary N) is 5. The number of aliphatic carboxylic acids is 1. The number of ether oxygens (including phenoxy) is 9. The molecule has 0 saturated heterocycles. The molecule has 630 valence electrons. The third-order valence-corrected chi connectivity index (χ3v) is 22.6. The number of carboxylic acid groups (broad SMARTS) is 1. The lowest BCUT2D eigenvalue weighted by atomic mass is 9.67. The molecule has 0 bridgehead atoms. The van der Waals surface area contributed by atoms with Crippen molar-refractivity contribution in [1.82, 2.24) is 26.6 Å². The van der Waals surface area contributed by atoms with Gasteiger partial charge in [0.05, 0.1) is 89.9 Å². The van der Waals surface area contributed by atoms with Crippen LogP contribution in [0.15, 0.2) is 0 Å². The lowest BCUT2D eigenvalue weighted by Gasteiger charge is -2.44. The lowest BCUT2D eigenvalue weighted by molar-refractivity contribution is -0.146. The van der Waals surface area contributed by atoms with Crippen LogP contribution in [-0.4, -0.2) is 210 Å². The number of carbonyl (C=O) groups is 13. The van der Waals surface area contributed by atoms with E-state index in [4.69, 9.17) is 42.6 Å². The number of hydrogen-bond donors (Lipinski definition) is 6. The van der Waals surface area contributed by atoms with E-state index in [-0.39, 0.29) is 234 Å². The molecule has 3 rings (SSSR count). The fourth-order valence-electron chi connectivity index (χ4n) is 15.2. The van der Waals surface area contributed by atoms with Gasteiger partial charge in [0.15, 0.2) is 0 Å². The first-order chi connectivity index (χ1) is 52.3. The zero-order chi connectivity index (χ0) is 81.6. The second kappa shape index (κ2) is 55.2. The Kier molecular flexibility index (Phi) is 49.1. The molecule has 0 aromatic heterocycles. The number of hydrogen-bond acceptors (Lipinski definition) is 22. The molecule has 0 aromatic rings. The SMILES string of the molecule is CC(=O)NC1[C@@H](C)[C@@H](C)C(COC(C)=O)C[C@H]1OCCCCC(=O)CCCCCC(=O)CCOCC(COCCC(=O)CCCCCC(=O)CCCCO[C@@H]1CC(COC(C)=O)[C@H](C)[C@H](C)C1C)(COCCC(=O)NCCCNC(=O)CCCCO[C@@H]1CC(COC(C)=O)[C@H](C)[C@H](C)C1NC(C)=O)NC(=O)CC(=O)O. The molecule has 3 aliphatic rings. The molecule has 7 unspecified atom stereocenters. The molecule has 5 amide bonds. The van der Waals surface area contributed by atoms with Gasteiger partial charge in [-0.2, -0.15) is 0 Å². The topological polar surface area (TPSA) is 385 Å². The smallest absolute Gasteiger partial charge is 0.312 e. The fourth-order valence-corrected chi connectivity index (χ4v) is 15.2. The van der Waals surface area contributed by atoms with Crippen molar-refractivity contribution < 1.29 is 110 Å². The molecule has 0 aromatic carbocycles.